The molecule has 0 fully saturated rings. The van der Waals surface area contributed by atoms with E-state index in [1.54, 1.807) is 12.2 Å². The van der Waals surface area contributed by atoms with Gasteiger partial charge in [-0.1, -0.05) is 48.6 Å². The number of hydrogen-bond donors (Lipinski definition) is 2. The summed E-state index contributed by atoms with van der Waals surface area (Å²) in [7, 11) is 0. The molecule has 1 aliphatic carbocycles. The van der Waals surface area contributed by atoms with Crippen molar-refractivity contribution in [2.24, 2.45) is 0 Å². The lowest BCUT2D eigenvalue weighted by atomic mass is 9.85. The third-order valence-electron chi connectivity index (χ3n) is 4.00. The molecule has 5 nitrogen and oxygen atoms in total. The molecule has 0 saturated heterocycles. The second kappa shape index (κ2) is 5.01. The summed E-state index contributed by atoms with van der Waals surface area (Å²) >= 11 is 0. The Morgan fingerprint density at radius 2 is 1.96 bits per heavy atom. The minimum absolute atomic E-state index is 0.217. The first-order chi connectivity index (χ1) is 11.2. The molecular formula is C17H14FN5. The predicted molar refractivity (Wildman–Crippen MR) is 87.2 cm³/mol. The number of aromatic nitrogens is 4. The lowest BCUT2D eigenvalue weighted by Gasteiger charge is -2.25. The molecule has 0 saturated carbocycles. The summed E-state index contributed by atoms with van der Waals surface area (Å²) in [6.45, 7) is 0. The zero-order chi connectivity index (χ0) is 15.9. The average Bonchev–Trinajstić information content (AvgIpc) is 2.97. The van der Waals surface area contributed by atoms with E-state index in [9.17, 15) is 0 Å². The van der Waals surface area contributed by atoms with E-state index in [0.29, 0.717) is 22.3 Å². The predicted octanol–water partition coefficient (Wildman–Crippen LogP) is 3.28. The van der Waals surface area contributed by atoms with Gasteiger partial charge in [-0.25, -0.2) is 4.39 Å². The van der Waals surface area contributed by atoms with Gasteiger partial charge in [0, 0.05) is 17.5 Å². The van der Waals surface area contributed by atoms with Crippen molar-refractivity contribution < 1.29 is 4.39 Å². The van der Waals surface area contributed by atoms with E-state index in [2.05, 4.69) is 20.4 Å². The number of hydrogen-bond acceptors (Lipinski definition) is 4. The Morgan fingerprint density at radius 3 is 2.70 bits per heavy atom. The first kappa shape index (κ1) is 13.6. The number of benzene rings is 1. The van der Waals surface area contributed by atoms with Gasteiger partial charge in [-0.2, -0.15) is 5.10 Å². The number of alkyl halides is 1. The van der Waals surface area contributed by atoms with Crippen molar-refractivity contribution in [2.75, 3.05) is 5.73 Å². The van der Waals surface area contributed by atoms with Crippen LogP contribution < -0.4 is 5.73 Å². The minimum atomic E-state index is -1.70. The fourth-order valence-electron chi connectivity index (χ4n) is 2.92. The summed E-state index contributed by atoms with van der Waals surface area (Å²) in [6, 6.07) is 9.41. The number of rotatable bonds is 2. The molecule has 6 heteroatoms. The van der Waals surface area contributed by atoms with Gasteiger partial charge in [0.05, 0.1) is 5.39 Å². The van der Waals surface area contributed by atoms with Crippen LogP contribution in [-0.4, -0.2) is 20.4 Å². The average molecular weight is 307 g/mol. The monoisotopic (exact) mass is 307 g/mol. The molecule has 114 valence electrons. The van der Waals surface area contributed by atoms with Crippen molar-refractivity contribution in [2.45, 2.75) is 12.1 Å². The van der Waals surface area contributed by atoms with Crippen LogP contribution in [-0.2, 0) is 5.67 Å². The molecule has 2 heterocycles. The first-order valence-electron chi connectivity index (χ1n) is 7.28. The molecule has 23 heavy (non-hydrogen) atoms. The Morgan fingerprint density at radius 1 is 1.13 bits per heavy atom. The highest BCUT2D eigenvalue weighted by Crippen LogP contribution is 2.43. The van der Waals surface area contributed by atoms with Crippen molar-refractivity contribution in [3.05, 3.63) is 60.2 Å². The van der Waals surface area contributed by atoms with Crippen molar-refractivity contribution in [1.29, 1.82) is 0 Å². The fraction of sp³-hybridized carbons (Fsp3) is 0.118. The number of nitrogens with one attached hydrogen (secondary N) is 1. The summed E-state index contributed by atoms with van der Waals surface area (Å²) in [4.78, 5) is 0. The molecule has 0 spiro atoms. The Balaban J connectivity index is 2.08. The number of anilines is 1. The minimum Gasteiger partial charge on any atom is -0.382 e. The molecule has 1 atom stereocenters. The summed E-state index contributed by atoms with van der Waals surface area (Å²) in [5.74, 6) is 0.224. The fourth-order valence-corrected chi connectivity index (χ4v) is 2.92. The van der Waals surface area contributed by atoms with Crippen LogP contribution in [0.1, 0.15) is 12.0 Å². The molecule has 3 aromatic rings. The maximum atomic E-state index is 15.7. The molecule has 0 radical (unpaired) electrons. The van der Waals surface area contributed by atoms with Gasteiger partial charge in [-0.3, -0.25) is 5.10 Å². The maximum absolute atomic E-state index is 15.7. The number of nitrogens with zero attached hydrogens (tertiary/aromatic N) is 3. The molecule has 0 aliphatic heterocycles. The largest absolute Gasteiger partial charge is 0.382 e. The quantitative estimate of drug-likeness (QED) is 0.761. The van der Waals surface area contributed by atoms with Crippen LogP contribution in [0.4, 0.5) is 10.2 Å². The lowest BCUT2D eigenvalue weighted by molar-refractivity contribution is 0.238. The van der Waals surface area contributed by atoms with E-state index in [4.69, 9.17) is 5.73 Å². The van der Waals surface area contributed by atoms with Gasteiger partial charge in [-0.15, -0.1) is 10.2 Å². The van der Waals surface area contributed by atoms with E-state index in [1.165, 1.54) is 6.08 Å². The Labute approximate surface area is 131 Å². The van der Waals surface area contributed by atoms with E-state index in [-0.39, 0.29) is 12.2 Å². The second-order valence-electron chi connectivity index (χ2n) is 5.48. The number of halogens is 1. The number of nitrogen functional groups attached to an aromatic ring is 1. The van der Waals surface area contributed by atoms with Crippen molar-refractivity contribution in [3.8, 4) is 11.3 Å². The summed E-state index contributed by atoms with van der Waals surface area (Å²) in [6.07, 6.45) is 7.06. The van der Waals surface area contributed by atoms with Gasteiger partial charge >= 0.3 is 0 Å². The Bertz CT molecular complexity index is 929. The van der Waals surface area contributed by atoms with Gasteiger partial charge in [0.2, 0.25) is 0 Å². The SMILES string of the molecule is Nc1n[nH]c2nnc(-c3ccccc3)c(C3(F)C=CC=CC3)c12. The third-order valence-corrected chi connectivity index (χ3v) is 4.00. The summed E-state index contributed by atoms with van der Waals surface area (Å²) < 4.78 is 15.7. The number of nitrogens with two attached hydrogens (primary N) is 1. The molecule has 1 aliphatic rings. The molecule has 4 rings (SSSR count). The number of aromatic amines is 1. The van der Waals surface area contributed by atoms with E-state index in [1.807, 2.05) is 36.4 Å². The van der Waals surface area contributed by atoms with Crippen LogP contribution in [0, 0.1) is 0 Å². The standard InChI is InChI=1S/C17H14FN5/c18-17(9-5-2-6-10-17)13-12-15(19)21-23-16(12)22-20-14(13)11-7-3-1-4-8-11/h1-9H,10H2,(H3,19,21,22,23). The van der Waals surface area contributed by atoms with Crippen LogP contribution in [0.2, 0.25) is 0 Å². The summed E-state index contributed by atoms with van der Waals surface area (Å²) in [5.41, 5.74) is 6.33. The van der Waals surface area contributed by atoms with Crippen LogP contribution in [0.15, 0.2) is 54.6 Å². The van der Waals surface area contributed by atoms with E-state index < -0.39 is 5.67 Å². The molecule has 3 N–H and O–H groups in total. The first-order valence-corrected chi connectivity index (χ1v) is 7.28. The molecule has 1 unspecified atom stereocenters. The van der Waals surface area contributed by atoms with Gasteiger partial charge in [0.25, 0.3) is 0 Å². The third kappa shape index (κ3) is 2.11. The lowest BCUT2D eigenvalue weighted by Crippen LogP contribution is -2.20. The highest BCUT2D eigenvalue weighted by Gasteiger charge is 2.36. The van der Waals surface area contributed by atoms with Crippen molar-refractivity contribution in [1.82, 2.24) is 20.4 Å². The molecule has 2 aromatic heterocycles. The van der Waals surface area contributed by atoms with E-state index in [0.717, 1.165) is 5.56 Å². The van der Waals surface area contributed by atoms with Gasteiger partial charge in [0.1, 0.15) is 5.69 Å². The normalized spacial score (nSPS) is 20.2. The van der Waals surface area contributed by atoms with Crippen LogP contribution in [0.25, 0.3) is 22.3 Å². The Kier molecular flexibility index (Phi) is 2.97. The zero-order valence-electron chi connectivity index (χ0n) is 12.2. The highest BCUT2D eigenvalue weighted by molar-refractivity contribution is 5.94. The topological polar surface area (TPSA) is 80.5 Å². The molecule has 1 aromatic carbocycles. The summed E-state index contributed by atoms with van der Waals surface area (Å²) in [5, 5.41) is 15.5. The van der Waals surface area contributed by atoms with Gasteiger partial charge < -0.3 is 5.73 Å². The van der Waals surface area contributed by atoms with Crippen LogP contribution in [0.5, 0.6) is 0 Å². The maximum Gasteiger partial charge on any atom is 0.180 e. The number of allylic oxidation sites excluding steroid dienone is 4. The van der Waals surface area contributed by atoms with Crippen LogP contribution >= 0.6 is 0 Å². The second-order valence-corrected chi connectivity index (χ2v) is 5.48. The van der Waals surface area contributed by atoms with Crippen molar-refractivity contribution >= 4 is 16.9 Å². The van der Waals surface area contributed by atoms with Crippen molar-refractivity contribution in [3.63, 3.8) is 0 Å². The number of H-pyrrole nitrogens is 1. The Hall–Kier alpha value is -3.02. The molecule has 0 bridgehead atoms. The zero-order valence-corrected chi connectivity index (χ0v) is 12.2. The van der Waals surface area contributed by atoms with Gasteiger partial charge in [0.15, 0.2) is 17.1 Å². The smallest absolute Gasteiger partial charge is 0.180 e. The molecule has 0 amide bonds. The number of fused-ring (bicyclic) bond motifs is 1. The van der Waals surface area contributed by atoms with Crippen LogP contribution in [0.3, 0.4) is 0 Å². The van der Waals surface area contributed by atoms with Gasteiger partial charge in [-0.05, 0) is 6.08 Å². The molecular weight excluding hydrogens is 293 g/mol. The highest BCUT2D eigenvalue weighted by atomic mass is 19.1. The van der Waals surface area contributed by atoms with E-state index >= 15 is 4.39 Å².